The lowest BCUT2D eigenvalue weighted by atomic mass is 10.0. The molecular weight excluding hydrogens is 218 g/mol. The highest BCUT2D eigenvalue weighted by atomic mass is 16.6. The largest absolute Gasteiger partial charge is 0.444 e. The van der Waals surface area contributed by atoms with Crippen LogP contribution >= 0.6 is 0 Å². The van der Waals surface area contributed by atoms with Crippen molar-refractivity contribution < 1.29 is 14.3 Å². The molecule has 0 aliphatic heterocycles. The number of alkyl carbamates (subject to hydrolysis) is 1. The van der Waals surface area contributed by atoms with Crippen LogP contribution in [0.4, 0.5) is 4.79 Å². The zero-order valence-corrected chi connectivity index (χ0v) is 10.3. The predicted octanol–water partition coefficient (Wildman–Crippen LogP) is 1.66. The van der Waals surface area contributed by atoms with Gasteiger partial charge in [-0.05, 0) is 33.1 Å². The molecule has 4 nitrogen and oxygen atoms in total. The molecule has 0 saturated carbocycles. The second-order valence-electron chi connectivity index (χ2n) is 4.99. The number of amides is 1. The van der Waals surface area contributed by atoms with Gasteiger partial charge in [0.2, 0.25) is 5.78 Å². The Labute approximate surface area is 101 Å². The fraction of sp³-hybridized carbons (Fsp3) is 0.538. The number of rotatable bonds is 2. The van der Waals surface area contributed by atoms with E-state index in [1.165, 1.54) is 0 Å². The van der Waals surface area contributed by atoms with E-state index in [0.29, 0.717) is 6.42 Å². The van der Waals surface area contributed by atoms with Gasteiger partial charge in [-0.2, -0.15) is 0 Å². The summed E-state index contributed by atoms with van der Waals surface area (Å²) in [6.45, 7) is 5.38. The van der Waals surface area contributed by atoms with Crippen LogP contribution in [-0.2, 0) is 9.53 Å². The van der Waals surface area contributed by atoms with Gasteiger partial charge >= 0.3 is 6.09 Å². The molecule has 1 aliphatic carbocycles. The van der Waals surface area contributed by atoms with Crippen LogP contribution in [0.2, 0.25) is 0 Å². The normalized spacial score (nSPS) is 22.9. The molecule has 1 amide bonds. The summed E-state index contributed by atoms with van der Waals surface area (Å²) in [5.74, 6) is 1.54. The molecule has 0 saturated heterocycles. The van der Waals surface area contributed by atoms with Gasteiger partial charge in [-0.25, -0.2) is 4.79 Å². The molecule has 0 radical (unpaired) electrons. The highest BCUT2D eigenvalue weighted by Gasteiger charge is 2.26. The maximum absolute atomic E-state index is 11.5. The molecule has 2 unspecified atom stereocenters. The van der Waals surface area contributed by atoms with Gasteiger partial charge in [0.15, 0.2) is 0 Å². The molecular formula is C13H17NO3. The van der Waals surface area contributed by atoms with Crippen LogP contribution in [0.5, 0.6) is 0 Å². The summed E-state index contributed by atoms with van der Waals surface area (Å²) in [6.07, 6.45) is 8.55. The molecule has 1 rings (SSSR count). The van der Waals surface area contributed by atoms with Gasteiger partial charge in [0, 0.05) is 0 Å². The molecule has 1 aliphatic rings. The number of nitrogens with one attached hydrogen (secondary N) is 1. The predicted molar refractivity (Wildman–Crippen MR) is 64.2 cm³/mol. The number of carbonyl (C=O) groups excluding carboxylic acids is 2. The maximum atomic E-state index is 11.5. The monoisotopic (exact) mass is 235 g/mol. The van der Waals surface area contributed by atoms with Crippen molar-refractivity contribution in [3.63, 3.8) is 0 Å². The van der Waals surface area contributed by atoms with E-state index < -0.39 is 11.7 Å². The maximum Gasteiger partial charge on any atom is 0.408 e. The first-order valence-corrected chi connectivity index (χ1v) is 5.50. The third kappa shape index (κ3) is 4.31. The number of Topliss-reactive ketones (excluding diaryl/α,β-unsaturated/α-hetero) is 1. The van der Waals surface area contributed by atoms with Crippen LogP contribution in [0.1, 0.15) is 27.2 Å². The summed E-state index contributed by atoms with van der Waals surface area (Å²) in [6, 6.07) is -0.188. The van der Waals surface area contributed by atoms with E-state index >= 15 is 0 Å². The molecule has 4 heteroatoms. The van der Waals surface area contributed by atoms with Gasteiger partial charge in [-0.3, -0.25) is 4.79 Å². The second-order valence-corrected chi connectivity index (χ2v) is 4.99. The molecule has 0 aromatic rings. The third-order valence-corrected chi connectivity index (χ3v) is 2.26. The van der Waals surface area contributed by atoms with Gasteiger partial charge in [-0.15, -0.1) is 6.42 Å². The first kappa shape index (κ1) is 13.3. The van der Waals surface area contributed by atoms with Crippen molar-refractivity contribution in [1.29, 1.82) is 0 Å². The molecule has 0 spiro atoms. The van der Waals surface area contributed by atoms with Crippen LogP contribution < -0.4 is 5.32 Å². The molecule has 0 aromatic heterocycles. The molecule has 0 bridgehead atoms. The number of hydrogen-bond donors (Lipinski definition) is 1. The summed E-state index contributed by atoms with van der Waals surface area (Å²) < 4.78 is 5.11. The van der Waals surface area contributed by atoms with Gasteiger partial charge < -0.3 is 10.1 Å². The Hall–Kier alpha value is -1.76. The number of ether oxygens (including phenoxy) is 1. The highest BCUT2D eigenvalue weighted by Crippen LogP contribution is 2.19. The lowest BCUT2D eigenvalue weighted by Crippen LogP contribution is -2.38. The first-order chi connectivity index (χ1) is 7.81. The Balaban J connectivity index is 2.42. The molecule has 92 valence electrons. The third-order valence-electron chi connectivity index (χ3n) is 2.26. The Morgan fingerprint density at radius 2 is 2.06 bits per heavy atom. The van der Waals surface area contributed by atoms with Crippen LogP contribution in [-0.4, -0.2) is 23.5 Å². The Morgan fingerprint density at radius 3 is 2.59 bits per heavy atom. The topological polar surface area (TPSA) is 55.4 Å². The molecule has 0 fully saturated rings. The lowest BCUT2D eigenvalue weighted by Gasteiger charge is -2.21. The highest BCUT2D eigenvalue weighted by molar-refractivity contribution is 5.98. The Morgan fingerprint density at radius 1 is 1.41 bits per heavy atom. The average molecular weight is 235 g/mol. The fourth-order valence-electron chi connectivity index (χ4n) is 1.57. The second kappa shape index (κ2) is 5.05. The van der Waals surface area contributed by atoms with Crippen LogP contribution in [0.25, 0.3) is 0 Å². The number of hydrogen-bond acceptors (Lipinski definition) is 3. The summed E-state index contributed by atoms with van der Waals surface area (Å²) in [5, 5.41) is 2.68. The van der Waals surface area contributed by atoms with E-state index in [1.807, 2.05) is 0 Å². The van der Waals surface area contributed by atoms with E-state index in [9.17, 15) is 9.59 Å². The van der Waals surface area contributed by atoms with Gasteiger partial charge in [0.25, 0.3) is 0 Å². The zero-order chi connectivity index (χ0) is 13.1. The number of terminal acetylenes is 1. The number of ketones is 1. The molecule has 2 atom stereocenters. The van der Waals surface area contributed by atoms with Gasteiger partial charge in [-0.1, -0.05) is 12.2 Å². The lowest BCUT2D eigenvalue weighted by molar-refractivity contribution is -0.116. The smallest absolute Gasteiger partial charge is 0.408 e. The van der Waals surface area contributed by atoms with Crippen LogP contribution in [0, 0.1) is 18.3 Å². The van der Waals surface area contributed by atoms with Crippen LogP contribution in [0.15, 0.2) is 12.2 Å². The molecule has 0 aromatic carbocycles. The molecule has 1 N–H and O–H groups in total. The Bertz CT molecular complexity index is 384. The van der Waals surface area contributed by atoms with Crippen molar-refractivity contribution in [1.82, 2.24) is 5.32 Å². The standard InChI is InChI=1S/C13H17NO3/c1-5-11(15)9-6-7-10(8-9)14-12(16)17-13(2,3)4/h1,6-7,9-10H,8H2,2-4H3,(H,14,16). The van der Waals surface area contributed by atoms with E-state index in [-0.39, 0.29) is 17.7 Å². The van der Waals surface area contributed by atoms with Gasteiger partial charge in [0.1, 0.15) is 5.60 Å². The van der Waals surface area contributed by atoms with E-state index in [1.54, 1.807) is 32.9 Å². The average Bonchev–Trinajstić information content (AvgIpc) is 2.62. The fourth-order valence-corrected chi connectivity index (χ4v) is 1.57. The van der Waals surface area contributed by atoms with Crippen molar-refractivity contribution >= 4 is 11.9 Å². The SMILES string of the molecule is C#CC(=O)C1C=CC(NC(=O)OC(C)(C)C)C1. The van der Waals surface area contributed by atoms with E-state index in [0.717, 1.165) is 0 Å². The van der Waals surface area contributed by atoms with Crippen molar-refractivity contribution in [2.75, 3.05) is 0 Å². The minimum Gasteiger partial charge on any atom is -0.444 e. The molecule has 0 heterocycles. The van der Waals surface area contributed by atoms with E-state index in [4.69, 9.17) is 11.2 Å². The minimum absolute atomic E-state index is 0.188. The van der Waals surface area contributed by atoms with Crippen LogP contribution in [0.3, 0.4) is 0 Å². The van der Waals surface area contributed by atoms with Crippen molar-refractivity contribution in [3.8, 4) is 12.3 Å². The van der Waals surface area contributed by atoms with Crippen molar-refractivity contribution in [2.24, 2.45) is 5.92 Å². The number of carbonyl (C=O) groups is 2. The summed E-state index contributed by atoms with van der Waals surface area (Å²) in [7, 11) is 0. The minimum atomic E-state index is -0.527. The summed E-state index contributed by atoms with van der Waals surface area (Å²) >= 11 is 0. The summed E-state index contributed by atoms with van der Waals surface area (Å²) in [4.78, 5) is 22.7. The first-order valence-electron chi connectivity index (χ1n) is 5.50. The van der Waals surface area contributed by atoms with E-state index in [2.05, 4.69) is 11.2 Å². The molecule has 17 heavy (non-hydrogen) atoms. The van der Waals surface area contributed by atoms with Crippen molar-refractivity contribution in [3.05, 3.63) is 12.2 Å². The number of allylic oxidation sites excluding steroid dienone is 1. The zero-order valence-electron chi connectivity index (χ0n) is 10.3. The summed E-state index contributed by atoms with van der Waals surface area (Å²) in [5.41, 5.74) is -0.527. The van der Waals surface area contributed by atoms with Gasteiger partial charge in [0.05, 0.1) is 12.0 Å². The Kier molecular flexibility index (Phi) is 3.95. The van der Waals surface area contributed by atoms with Crippen molar-refractivity contribution in [2.45, 2.75) is 38.8 Å². The quantitative estimate of drug-likeness (QED) is 0.450.